The third-order valence-corrected chi connectivity index (χ3v) is 6.10. The number of fused-ring (bicyclic) bond motifs is 3. The van der Waals surface area contributed by atoms with Crippen LogP contribution in [0.1, 0.15) is 57.6 Å². The molecule has 3 N–H and O–H groups in total. The number of hydrogen-bond acceptors (Lipinski definition) is 4. The molecule has 2 amide bonds. The highest BCUT2D eigenvalue weighted by atomic mass is 16.5. The number of ether oxygens (including phenoxy) is 1. The van der Waals surface area contributed by atoms with Gasteiger partial charge in [0.05, 0.1) is 6.42 Å². The topological polar surface area (TPSA) is 105 Å². The van der Waals surface area contributed by atoms with Crippen molar-refractivity contribution in [3.8, 4) is 11.1 Å². The van der Waals surface area contributed by atoms with E-state index in [2.05, 4.69) is 22.8 Å². The normalized spacial score (nSPS) is 14.5. The zero-order valence-electron chi connectivity index (χ0n) is 19.6. The van der Waals surface area contributed by atoms with Gasteiger partial charge in [0.25, 0.3) is 0 Å². The molecule has 1 aliphatic carbocycles. The number of nitrogens with one attached hydrogen (secondary N) is 2. The number of benzene rings is 2. The van der Waals surface area contributed by atoms with E-state index < -0.39 is 35.5 Å². The van der Waals surface area contributed by atoms with E-state index in [4.69, 9.17) is 4.74 Å². The second-order valence-electron chi connectivity index (χ2n) is 9.46. The fourth-order valence-electron chi connectivity index (χ4n) is 4.16. The number of rotatable bonds is 8. The van der Waals surface area contributed by atoms with Crippen LogP contribution in [0.25, 0.3) is 11.1 Å². The first kappa shape index (κ1) is 24.3. The molecule has 0 radical (unpaired) electrons. The van der Waals surface area contributed by atoms with Gasteiger partial charge in [0.1, 0.15) is 12.6 Å². The monoisotopic (exact) mass is 452 g/mol. The molecule has 2 aromatic carbocycles. The molecular weight excluding hydrogens is 420 g/mol. The van der Waals surface area contributed by atoms with Crippen LogP contribution in [-0.2, 0) is 14.3 Å². The fourth-order valence-corrected chi connectivity index (χ4v) is 4.16. The summed E-state index contributed by atoms with van der Waals surface area (Å²) in [7, 11) is 0. The molecule has 0 fully saturated rings. The lowest BCUT2D eigenvalue weighted by Crippen LogP contribution is -2.53. The van der Waals surface area contributed by atoms with E-state index >= 15 is 0 Å². The van der Waals surface area contributed by atoms with Crippen LogP contribution in [0, 0.1) is 5.41 Å². The van der Waals surface area contributed by atoms with Gasteiger partial charge in [-0.2, -0.15) is 0 Å². The molecule has 0 bridgehead atoms. The van der Waals surface area contributed by atoms with Crippen molar-refractivity contribution in [3.05, 3.63) is 59.7 Å². The second kappa shape index (κ2) is 10.1. The summed E-state index contributed by atoms with van der Waals surface area (Å²) in [6.45, 7) is 7.52. The smallest absolute Gasteiger partial charge is 0.407 e. The Morgan fingerprint density at radius 2 is 1.52 bits per heavy atom. The average Bonchev–Trinajstić information content (AvgIpc) is 3.08. The zero-order chi connectivity index (χ0) is 24.2. The van der Waals surface area contributed by atoms with E-state index in [1.54, 1.807) is 6.92 Å². The molecule has 0 saturated carbocycles. The summed E-state index contributed by atoms with van der Waals surface area (Å²) >= 11 is 0. The van der Waals surface area contributed by atoms with Gasteiger partial charge in [-0.05, 0) is 34.1 Å². The molecule has 176 valence electrons. The summed E-state index contributed by atoms with van der Waals surface area (Å²) in [5.74, 6) is -1.49. The molecule has 7 nitrogen and oxygen atoms in total. The third-order valence-electron chi connectivity index (χ3n) is 6.10. The van der Waals surface area contributed by atoms with Crippen LogP contribution in [0.15, 0.2) is 48.5 Å². The first-order valence-corrected chi connectivity index (χ1v) is 11.3. The number of aliphatic carboxylic acids is 1. The van der Waals surface area contributed by atoms with Crippen molar-refractivity contribution < 1.29 is 24.2 Å². The van der Waals surface area contributed by atoms with Crippen LogP contribution in [0.4, 0.5) is 4.79 Å². The number of hydrogen-bond donors (Lipinski definition) is 3. The largest absolute Gasteiger partial charge is 0.481 e. The Morgan fingerprint density at radius 1 is 0.970 bits per heavy atom. The van der Waals surface area contributed by atoms with Gasteiger partial charge < -0.3 is 20.5 Å². The number of carboxylic acid groups (broad SMARTS) is 1. The lowest BCUT2D eigenvalue weighted by Gasteiger charge is -2.31. The van der Waals surface area contributed by atoms with Gasteiger partial charge >= 0.3 is 12.1 Å². The zero-order valence-corrected chi connectivity index (χ0v) is 19.6. The Bertz CT molecular complexity index is 982. The van der Waals surface area contributed by atoms with Crippen molar-refractivity contribution in [1.82, 2.24) is 10.6 Å². The van der Waals surface area contributed by atoms with Gasteiger partial charge in [0, 0.05) is 12.0 Å². The van der Waals surface area contributed by atoms with E-state index in [9.17, 15) is 19.5 Å². The molecular formula is C26H32N2O5. The minimum Gasteiger partial charge on any atom is -0.481 e. The molecule has 1 aliphatic rings. The summed E-state index contributed by atoms with van der Waals surface area (Å²) in [4.78, 5) is 36.5. The number of carbonyl (C=O) groups is 3. The van der Waals surface area contributed by atoms with E-state index in [0.717, 1.165) is 22.3 Å². The summed E-state index contributed by atoms with van der Waals surface area (Å²) in [5, 5.41) is 14.6. The summed E-state index contributed by atoms with van der Waals surface area (Å²) < 4.78 is 5.53. The minimum absolute atomic E-state index is 0.0714. The summed E-state index contributed by atoms with van der Waals surface area (Å²) in [5.41, 5.74) is 4.05. The SMILES string of the molecule is CC[C@@H](NC(=O)OCC1c2ccccc2-c2ccccc21)C(=O)NC(CC(=O)O)C(C)(C)C. The van der Waals surface area contributed by atoms with Crippen molar-refractivity contribution in [1.29, 1.82) is 0 Å². The first-order chi connectivity index (χ1) is 15.6. The van der Waals surface area contributed by atoms with Crippen LogP contribution in [0.3, 0.4) is 0 Å². The standard InChI is InChI=1S/C26H32N2O5/c1-5-21(24(31)28-22(14-23(29)30)26(2,3)4)27-25(32)33-15-20-18-12-8-6-10-16(18)17-11-7-9-13-19(17)20/h6-13,20-22H,5,14-15H2,1-4H3,(H,27,32)(H,28,31)(H,29,30)/t21-,22?/m1/s1. The van der Waals surface area contributed by atoms with Gasteiger partial charge in [-0.3, -0.25) is 9.59 Å². The van der Waals surface area contributed by atoms with Crippen molar-refractivity contribution in [3.63, 3.8) is 0 Å². The molecule has 0 heterocycles. The maximum absolute atomic E-state index is 12.8. The van der Waals surface area contributed by atoms with E-state index in [1.807, 2.05) is 57.2 Å². The quantitative estimate of drug-likeness (QED) is 0.554. The highest BCUT2D eigenvalue weighted by Crippen LogP contribution is 2.44. The van der Waals surface area contributed by atoms with E-state index in [-0.39, 0.29) is 18.9 Å². The predicted octanol–water partition coefficient (Wildman–Crippen LogP) is 4.31. The molecule has 0 spiro atoms. The third kappa shape index (κ3) is 5.72. The Morgan fingerprint density at radius 3 is 2.00 bits per heavy atom. The lowest BCUT2D eigenvalue weighted by atomic mass is 9.84. The number of amides is 2. The van der Waals surface area contributed by atoms with Gasteiger partial charge in [-0.25, -0.2) is 4.79 Å². The molecule has 1 unspecified atom stereocenters. The van der Waals surface area contributed by atoms with Gasteiger partial charge in [-0.1, -0.05) is 76.2 Å². The Labute approximate surface area is 194 Å². The molecule has 0 aliphatic heterocycles. The molecule has 33 heavy (non-hydrogen) atoms. The number of carboxylic acids is 1. The molecule has 2 atom stereocenters. The fraction of sp³-hybridized carbons (Fsp3) is 0.423. The predicted molar refractivity (Wildman–Crippen MR) is 126 cm³/mol. The second-order valence-corrected chi connectivity index (χ2v) is 9.46. The molecule has 0 saturated heterocycles. The van der Waals surface area contributed by atoms with Crippen molar-refractivity contribution in [2.75, 3.05) is 6.61 Å². The van der Waals surface area contributed by atoms with Crippen molar-refractivity contribution in [2.24, 2.45) is 5.41 Å². The van der Waals surface area contributed by atoms with E-state index in [0.29, 0.717) is 6.42 Å². The molecule has 2 aromatic rings. The van der Waals surface area contributed by atoms with Crippen LogP contribution >= 0.6 is 0 Å². The van der Waals surface area contributed by atoms with Crippen LogP contribution in [-0.4, -0.2) is 41.8 Å². The summed E-state index contributed by atoms with van der Waals surface area (Å²) in [6, 6.07) is 14.7. The number of carbonyl (C=O) groups excluding carboxylic acids is 2. The van der Waals surface area contributed by atoms with E-state index in [1.165, 1.54) is 0 Å². The van der Waals surface area contributed by atoms with Crippen LogP contribution < -0.4 is 10.6 Å². The Balaban J connectivity index is 1.63. The highest BCUT2D eigenvalue weighted by molar-refractivity contribution is 5.86. The first-order valence-electron chi connectivity index (χ1n) is 11.3. The van der Waals surface area contributed by atoms with Gasteiger partial charge in [-0.15, -0.1) is 0 Å². The highest BCUT2D eigenvalue weighted by Gasteiger charge is 2.32. The molecule has 0 aromatic heterocycles. The average molecular weight is 453 g/mol. The van der Waals surface area contributed by atoms with Crippen LogP contribution in [0.5, 0.6) is 0 Å². The van der Waals surface area contributed by atoms with Gasteiger partial charge in [0.15, 0.2) is 0 Å². The molecule has 3 rings (SSSR count). The van der Waals surface area contributed by atoms with Crippen LogP contribution in [0.2, 0.25) is 0 Å². The van der Waals surface area contributed by atoms with Crippen molar-refractivity contribution >= 4 is 18.0 Å². The van der Waals surface area contributed by atoms with Crippen molar-refractivity contribution in [2.45, 2.75) is 58.5 Å². The Kier molecular flexibility index (Phi) is 7.41. The maximum Gasteiger partial charge on any atom is 0.407 e. The number of alkyl carbamates (subject to hydrolysis) is 1. The maximum atomic E-state index is 12.8. The molecule has 7 heteroatoms. The summed E-state index contributed by atoms with van der Waals surface area (Å²) in [6.07, 6.45) is -0.527. The lowest BCUT2D eigenvalue weighted by molar-refractivity contribution is -0.138. The minimum atomic E-state index is -0.993. The van der Waals surface area contributed by atoms with Gasteiger partial charge in [0.2, 0.25) is 5.91 Å². The Hall–Kier alpha value is -3.35.